The van der Waals surface area contributed by atoms with Gasteiger partial charge in [0.2, 0.25) is 5.91 Å². The summed E-state index contributed by atoms with van der Waals surface area (Å²) in [5, 5.41) is 2.94. The van der Waals surface area contributed by atoms with E-state index < -0.39 is 0 Å². The van der Waals surface area contributed by atoms with Crippen LogP contribution in [0, 0.1) is 5.92 Å². The molecule has 1 atom stereocenters. The predicted molar refractivity (Wildman–Crippen MR) is 93.0 cm³/mol. The highest BCUT2D eigenvalue weighted by molar-refractivity contribution is 5.96. The summed E-state index contributed by atoms with van der Waals surface area (Å²) < 4.78 is 5.17. The van der Waals surface area contributed by atoms with Gasteiger partial charge in [-0.3, -0.25) is 9.59 Å². The Hall–Kier alpha value is -1.66. The number of carbonyl (C=O) groups excluding carboxylic acids is 2. The molecule has 134 valence electrons. The van der Waals surface area contributed by atoms with Crippen LogP contribution in [0.25, 0.3) is 0 Å². The molecule has 1 aliphatic rings. The van der Waals surface area contributed by atoms with Gasteiger partial charge in [-0.1, -0.05) is 0 Å². The van der Waals surface area contributed by atoms with E-state index in [0.29, 0.717) is 12.2 Å². The van der Waals surface area contributed by atoms with E-state index in [9.17, 15) is 9.59 Å². The van der Waals surface area contributed by atoms with E-state index in [2.05, 4.69) is 22.2 Å². The monoisotopic (exact) mass is 335 g/mol. The summed E-state index contributed by atoms with van der Waals surface area (Å²) in [7, 11) is 2.12. The lowest BCUT2D eigenvalue weighted by Gasteiger charge is -2.33. The second kappa shape index (κ2) is 8.99. The molecule has 0 unspecified atom stereocenters. The molecule has 1 N–H and O–H groups in total. The van der Waals surface area contributed by atoms with E-state index in [1.165, 1.54) is 6.26 Å². The number of Topliss-reactive ketones (excluding diaryl/α,β-unsaturated/α-hetero) is 1. The number of hydrogen-bond donors (Lipinski definition) is 1. The van der Waals surface area contributed by atoms with Crippen molar-refractivity contribution in [2.45, 2.75) is 32.7 Å². The number of carbonyl (C=O) groups is 2. The molecule has 0 radical (unpaired) electrons. The highest BCUT2D eigenvalue weighted by Crippen LogP contribution is 2.16. The zero-order valence-electron chi connectivity index (χ0n) is 15.0. The van der Waals surface area contributed by atoms with Gasteiger partial charge in [-0.25, -0.2) is 0 Å². The van der Waals surface area contributed by atoms with Gasteiger partial charge in [0.25, 0.3) is 0 Å². The zero-order chi connectivity index (χ0) is 17.5. The van der Waals surface area contributed by atoms with Crippen molar-refractivity contribution in [3.05, 3.63) is 24.2 Å². The fourth-order valence-electron chi connectivity index (χ4n) is 2.90. The minimum atomic E-state index is -0.315. The second-order valence-electron chi connectivity index (χ2n) is 6.90. The van der Waals surface area contributed by atoms with E-state index in [1.54, 1.807) is 12.1 Å². The van der Waals surface area contributed by atoms with Gasteiger partial charge >= 0.3 is 0 Å². The molecule has 1 saturated heterocycles. The molecular weight excluding hydrogens is 306 g/mol. The largest absolute Gasteiger partial charge is 0.461 e. The molecule has 0 spiro atoms. The predicted octanol–water partition coefficient (Wildman–Crippen LogP) is 1.63. The maximum Gasteiger partial charge on any atom is 0.223 e. The summed E-state index contributed by atoms with van der Waals surface area (Å²) >= 11 is 0. The molecule has 0 saturated carbocycles. The van der Waals surface area contributed by atoms with Crippen molar-refractivity contribution in [3.63, 3.8) is 0 Å². The van der Waals surface area contributed by atoms with Crippen LogP contribution in [0.1, 0.15) is 37.2 Å². The second-order valence-corrected chi connectivity index (χ2v) is 6.90. The SMILES string of the molecule is CC(C)NC(=O)[C@H](CCN1CCN(C)CC1)CC(=O)c1ccco1. The van der Waals surface area contributed by atoms with Gasteiger partial charge in [0, 0.05) is 44.6 Å². The average Bonchev–Trinajstić information content (AvgIpc) is 3.06. The van der Waals surface area contributed by atoms with Gasteiger partial charge in [-0.15, -0.1) is 0 Å². The normalized spacial score (nSPS) is 17.8. The molecule has 1 aromatic heterocycles. The van der Waals surface area contributed by atoms with Gasteiger partial charge in [0.1, 0.15) is 0 Å². The van der Waals surface area contributed by atoms with Crippen LogP contribution in [0.5, 0.6) is 0 Å². The fourth-order valence-corrected chi connectivity index (χ4v) is 2.90. The number of nitrogens with one attached hydrogen (secondary N) is 1. The Morgan fingerprint density at radius 2 is 1.96 bits per heavy atom. The van der Waals surface area contributed by atoms with Crippen molar-refractivity contribution in [3.8, 4) is 0 Å². The molecule has 0 bridgehead atoms. The first kappa shape index (κ1) is 18.7. The van der Waals surface area contributed by atoms with Crippen molar-refractivity contribution in [2.75, 3.05) is 39.8 Å². The maximum atomic E-state index is 12.5. The number of nitrogens with zero attached hydrogens (tertiary/aromatic N) is 2. The molecule has 2 heterocycles. The Morgan fingerprint density at radius 1 is 1.25 bits per heavy atom. The van der Waals surface area contributed by atoms with Gasteiger partial charge in [0.15, 0.2) is 11.5 Å². The highest BCUT2D eigenvalue weighted by atomic mass is 16.3. The van der Waals surface area contributed by atoms with Gasteiger partial charge in [0.05, 0.1) is 6.26 Å². The molecule has 1 aliphatic heterocycles. The van der Waals surface area contributed by atoms with Crippen LogP contribution in [-0.4, -0.2) is 67.3 Å². The Bertz CT molecular complexity index is 520. The van der Waals surface area contributed by atoms with Crippen molar-refractivity contribution in [2.24, 2.45) is 5.92 Å². The van der Waals surface area contributed by atoms with E-state index >= 15 is 0 Å². The Kier molecular flexibility index (Phi) is 6.99. The first-order valence-electron chi connectivity index (χ1n) is 8.73. The molecule has 0 aliphatic carbocycles. The highest BCUT2D eigenvalue weighted by Gasteiger charge is 2.25. The number of amides is 1. The number of ketones is 1. The fraction of sp³-hybridized carbons (Fsp3) is 0.667. The minimum Gasteiger partial charge on any atom is -0.461 e. The summed E-state index contributed by atoms with van der Waals surface area (Å²) in [6.07, 6.45) is 2.37. The first-order valence-corrected chi connectivity index (χ1v) is 8.73. The van der Waals surface area contributed by atoms with Crippen LogP contribution in [-0.2, 0) is 4.79 Å². The lowest BCUT2D eigenvalue weighted by Crippen LogP contribution is -2.45. The van der Waals surface area contributed by atoms with Gasteiger partial charge in [-0.05, 0) is 46.0 Å². The topological polar surface area (TPSA) is 65.8 Å². The maximum absolute atomic E-state index is 12.5. The molecule has 6 nitrogen and oxygen atoms in total. The molecule has 24 heavy (non-hydrogen) atoms. The smallest absolute Gasteiger partial charge is 0.223 e. The van der Waals surface area contributed by atoms with Crippen molar-refractivity contribution >= 4 is 11.7 Å². The number of furan rings is 1. The Balaban J connectivity index is 1.92. The molecule has 6 heteroatoms. The van der Waals surface area contributed by atoms with Gasteiger partial charge in [-0.2, -0.15) is 0 Å². The van der Waals surface area contributed by atoms with Crippen LogP contribution < -0.4 is 5.32 Å². The first-order chi connectivity index (χ1) is 11.5. The number of piperazine rings is 1. The van der Waals surface area contributed by atoms with Crippen molar-refractivity contribution in [1.82, 2.24) is 15.1 Å². The summed E-state index contributed by atoms with van der Waals surface area (Å²) in [4.78, 5) is 29.4. The minimum absolute atomic E-state index is 0.0426. The quantitative estimate of drug-likeness (QED) is 0.732. The Morgan fingerprint density at radius 3 is 2.54 bits per heavy atom. The lowest BCUT2D eigenvalue weighted by atomic mass is 9.96. The summed E-state index contributed by atoms with van der Waals surface area (Å²) in [5.74, 6) is -0.136. The lowest BCUT2D eigenvalue weighted by molar-refractivity contribution is -0.125. The third-order valence-electron chi connectivity index (χ3n) is 4.42. The third-order valence-corrected chi connectivity index (χ3v) is 4.42. The molecule has 1 amide bonds. The average molecular weight is 335 g/mol. The van der Waals surface area contributed by atoms with Crippen LogP contribution in [0.3, 0.4) is 0 Å². The molecule has 2 rings (SSSR count). The number of rotatable bonds is 8. The van der Waals surface area contributed by atoms with E-state index in [4.69, 9.17) is 4.42 Å². The summed E-state index contributed by atoms with van der Waals surface area (Å²) in [6, 6.07) is 3.42. The van der Waals surface area contributed by atoms with Crippen LogP contribution in [0.2, 0.25) is 0 Å². The number of likely N-dealkylation sites (N-methyl/N-ethyl adjacent to an activating group) is 1. The summed E-state index contributed by atoms with van der Waals surface area (Å²) in [5.41, 5.74) is 0. The Labute approximate surface area is 144 Å². The van der Waals surface area contributed by atoms with Crippen molar-refractivity contribution < 1.29 is 14.0 Å². The van der Waals surface area contributed by atoms with E-state index in [0.717, 1.165) is 32.7 Å². The van der Waals surface area contributed by atoms with E-state index in [-0.39, 0.29) is 30.1 Å². The molecular formula is C18H29N3O3. The van der Waals surface area contributed by atoms with Crippen LogP contribution >= 0.6 is 0 Å². The van der Waals surface area contributed by atoms with E-state index in [1.807, 2.05) is 13.8 Å². The molecule has 1 fully saturated rings. The summed E-state index contributed by atoms with van der Waals surface area (Å²) in [6.45, 7) is 8.84. The van der Waals surface area contributed by atoms with Crippen molar-refractivity contribution in [1.29, 1.82) is 0 Å². The zero-order valence-corrected chi connectivity index (χ0v) is 15.0. The standard InChI is InChI=1S/C18H29N3O3/c1-14(2)19-18(23)15(13-16(22)17-5-4-12-24-17)6-7-21-10-8-20(3)9-11-21/h4-5,12,14-15H,6-11,13H2,1-3H3,(H,19,23)/t15-/m1/s1. The molecule has 0 aromatic carbocycles. The van der Waals surface area contributed by atoms with Crippen LogP contribution in [0.15, 0.2) is 22.8 Å². The number of hydrogen-bond acceptors (Lipinski definition) is 5. The molecule has 1 aromatic rings. The third kappa shape index (κ3) is 5.76. The van der Waals surface area contributed by atoms with Crippen LogP contribution in [0.4, 0.5) is 0 Å². The van der Waals surface area contributed by atoms with Gasteiger partial charge < -0.3 is 19.5 Å².